The van der Waals surface area contributed by atoms with Gasteiger partial charge in [0.2, 0.25) is 0 Å². The summed E-state index contributed by atoms with van der Waals surface area (Å²) in [7, 11) is 0. The molecule has 82 valence electrons. The average molecular weight is 198 g/mol. The second-order valence-corrected chi connectivity index (χ2v) is 5.05. The smallest absolute Gasteiger partial charge is 0.0632 e. The fourth-order valence-electron chi connectivity index (χ4n) is 2.69. The lowest BCUT2D eigenvalue weighted by molar-refractivity contribution is 0.0531. The summed E-state index contributed by atoms with van der Waals surface area (Å²) in [6.45, 7) is 3.91. The van der Waals surface area contributed by atoms with Gasteiger partial charge in [0.15, 0.2) is 0 Å². The average Bonchev–Trinajstić information content (AvgIpc) is 2.57. The van der Waals surface area contributed by atoms with Crippen LogP contribution < -0.4 is 11.1 Å². The van der Waals surface area contributed by atoms with Crippen molar-refractivity contribution in [3.63, 3.8) is 0 Å². The zero-order chi connectivity index (χ0) is 10.0. The highest BCUT2D eigenvalue weighted by Crippen LogP contribution is 2.30. The van der Waals surface area contributed by atoms with E-state index in [-0.39, 0.29) is 6.04 Å². The minimum atomic E-state index is 0.182. The highest BCUT2D eigenvalue weighted by atomic mass is 16.5. The molecule has 2 aliphatic rings. The first-order valence-electron chi connectivity index (χ1n) is 5.81. The Hall–Kier alpha value is -0.120. The molecule has 1 aliphatic carbocycles. The summed E-state index contributed by atoms with van der Waals surface area (Å²) < 4.78 is 5.34. The van der Waals surface area contributed by atoms with Crippen molar-refractivity contribution in [3.05, 3.63) is 0 Å². The molecule has 14 heavy (non-hydrogen) atoms. The Balaban J connectivity index is 1.88. The standard InChI is InChI=1S/C11H22N2O/c1-11(5-2-3-6-11)13-10-4-7-14-8-9(10)12/h9-10,13H,2-8,12H2,1H3/t9-,10?/m1/s1. The number of ether oxygens (including phenoxy) is 1. The molecule has 3 N–H and O–H groups in total. The van der Waals surface area contributed by atoms with Crippen molar-refractivity contribution in [1.29, 1.82) is 0 Å². The third-order valence-corrected chi connectivity index (χ3v) is 3.64. The molecule has 0 radical (unpaired) electrons. The van der Waals surface area contributed by atoms with E-state index in [1.54, 1.807) is 0 Å². The van der Waals surface area contributed by atoms with E-state index in [9.17, 15) is 0 Å². The first-order chi connectivity index (χ1) is 6.70. The Morgan fingerprint density at radius 1 is 1.36 bits per heavy atom. The van der Waals surface area contributed by atoms with Gasteiger partial charge in [-0.15, -0.1) is 0 Å². The third-order valence-electron chi connectivity index (χ3n) is 3.64. The van der Waals surface area contributed by atoms with Gasteiger partial charge in [-0.2, -0.15) is 0 Å². The van der Waals surface area contributed by atoms with Crippen LogP contribution in [-0.2, 0) is 4.74 Å². The first-order valence-corrected chi connectivity index (χ1v) is 5.81. The third kappa shape index (κ3) is 2.27. The molecule has 1 heterocycles. The van der Waals surface area contributed by atoms with Gasteiger partial charge in [0.1, 0.15) is 0 Å². The predicted octanol–water partition coefficient (Wildman–Crippen LogP) is 1.02. The lowest BCUT2D eigenvalue weighted by atomic mass is 9.95. The van der Waals surface area contributed by atoms with E-state index >= 15 is 0 Å². The summed E-state index contributed by atoms with van der Waals surface area (Å²) >= 11 is 0. The summed E-state index contributed by atoms with van der Waals surface area (Å²) in [5.41, 5.74) is 6.38. The summed E-state index contributed by atoms with van der Waals surface area (Å²) in [6, 6.07) is 0.646. The largest absolute Gasteiger partial charge is 0.380 e. The monoisotopic (exact) mass is 198 g/mol. The minimum absolute atomic E-state index is 0.182. The topological polar surface area (TPSA) is 47.3 Å². The molecule has 0 spiro atoms. The van der Waals surface area contributed by atoms with Crippen molar-refractivity contribution in [2.75, 3.05) is 13.2 Å². The molecule has 0 bridgehead atoms. The SMILES string of the molecule is CC1(NC2CCOC[C@H]2N)CCCC1. The van der Waals surface area contributed by atoms with Gasteiger partial charge in [-0.3, -0.25) is 0 Å². The molecule has 1 saturated heterocycles. The molecular weight excluding hydrogens is 176 g/mol. The Morgan fingerprint density at radius 3 is 2.71 bits per heavy atom. The predicted molar refractivity (Wildman–Crippen MR) is 57.2 cm³/mol. The van der Waals surface area contributed by atoms with E-state index in [2.05, 4.69) is 12.2 Å². The second kappa shape index (κ2) is 4.17. The van der Waals surface area contributed by atoms with Crippen LogP contribution in [0.2, 0.25) is 0 Å². The highest BCUT2D eigenvalue weighted by molar-refractivity contribution is 4.94. The molecular formula is C11H22N2O. The molecule has 1 unspecified atom stereocenters. The number of nitrogens with one attached hydrogen (secondary N) is 1. The van der Waals surface area contributed by atoms with Crippen molar-refractivity contribution in [2.45, 2.75) is 56.7 Å². The van der Waals surface area contributed by atoms with Gasteiger partial charge < -0.3 is 15.8 Å². The minimum Gasteiger partial charge on any atom is -0.380 e. The summed E-state index contributed by atoms with van der Waals surface area (Å²) in [5, 5.41) is 3.74. The highest BCUT2D eigenvalue weighted by Gasteiger charge is 2.33. The van der Waals surface area contributed by atoms with Gasteiger partial charge in [0, 0.05) is 24.2 Å². The normalized spacial score (nSPS) is 37.3. The maximum absolute atomic E-state index is 6.03. The van der Waals surface area contributed by atoms with E-state index in [1.165, 1.54) is 25.7 Å². The van der Waals surface area contributed by atoms with Crippen LogP contribution in [0.4, 0.5) is 0 Å². The van der Waals surface area contributed by atoms with Crippen molar-refractivity contribution in [2.24, 2.45) is 5.73 Å². The van der Waals surface area contributed by atoms with Gasteiger partial charge in [0.05, 0.1) is 6.61 Å². The van der Waals surface area contributed by atoms with Gasteiger partial charge in [-0.25, -0.2) is 0 Å². The number of hydrogen-bond donors (Lipinski definition) is 2. The molecule has 3 heteroatoms. The Labute approximate surface area is 86.4 Å². The van der Waals surface area contributed by atoms with Crippen molar-refractivity contribution in [3.8, 4) is 0 Å². The molecule has 0 amide bonds. The van der Waals surface area contributed by atoms with Crippen LogP contribution in [0, 0.1) is 0 Å². The Kier molecular flexibility index (Phi) is 3.10. The van der Waals surface area contributed by atoms with Crippen molar-refractivity contribution in [1.82, 2.24) is 5.32 Å². The van der Waals surface area contributed by atoms with Gasteiger partial charge in [0.25, 0.3) is 0 Å². The van der Waals surface area contributed by atoms with Crippen molar-refractivity contribution < 1.29 is 4.74 Å². The lowest BCUT2D eigenvalue weighted by Crippen LogP contribution is -2.57. The molecule has 0 aromatic heterocycles. The summed E-state index contributed by atoms with van der Waals surface area (Å²) in [6.07, 6.45) is 6.40. The summed E-state index contributed by atoms with van der Waals surface area (Å²) in [5.74, 6) is 0. The van der Waals surface area contributed by atoms with E-state index in [0.717, 1.165) is 13.0 Å². The van der Waals surface area contributed by atoms with Crippen LogP contribution in [0.1, 0.15) is 39.0 Å². The number of hydrogen-bond acceptors (Lipinski definition) is 3. The number of nitrogens with two attached hydrogens (primary N) is 1. The van der Waals surface area contributed by atoms with Gasteiger partial charge >= 0.3 is 0 Å². The molecule has 2 fully saturated rings. The Bertz CT molecular complexity index is 190. The van der Waals surface area contributed by atoms with E-state index in [4.69, 9.17) is 10.5 Å². The Morgan fingerprint density at radius 2 is 2.07 bits per heavy atom. The van der Waals surface area contributed by atoms with Gasteiger partial charge in [-0.05, 0) is 26.2 Å². The van der Waals surface area contributed by atoms with E-state index < -0.39 is 0 Å². The molecule has 3 nitrogen and oxygen atoms in total. The molecule has 0 aromatic carbocycles. The lowest BCUT2D eigenvalue weighted by Gasteiger charge is -2.37. The van der Waals surface area contributed by atoms with Crippen LogP contribution >= 0.6 is 0 Å². The first kappa shape index (κ1) is 10.4. The molecule has 1 aliphatic heterocycles. The van der Waals surface area contributed by atoms with Gasteiger partial charge in [-0.1, -0.05) is 12.8 Å². The fraction of sp³-hybridized carbons (Fsp3) is 1.00. The van der Waals surface area contributed by atoms with Crippen LogP contribution in [0.3, 0.4) is 0 Å². The fourth-order valence-corrected chi connectivity index (χ4v) is 2.69. The molecule has 2 atom stereocenters. The zero-order valence-corrected chi connectivity index (χ0v) is 9.09. The quantitative estimate of drug-likeness (QED) is 0.696. The van der Waals surface area contributed by atoms with Crippen LogP contribution in [0.15, 0.2) is 0 Å². The zero-order valence-electron chi connectivity index (χ0n) is 9.09. The molecule has 0 aromatic rings. The van der Waals surface area contributed by atoms with E-state index in [0.29, 0.717) is 18.2 Å². The summed E-state index contributed by atoms with van der Waals surface area (Å²) in [4.78, 5) is 0. The van der Waals surface area contributed by atoms with Crippen LogP contribution in [0.25, 0.3) is 0 Å². The molecule has 1 saturated carbocycles. The van der Waals surface area contributed by atoms with E-state index in [1.807, 2.05) is 0 Å². The maximum atomic E-state index is 6.03. The van der Waals surface area contributed by atoms with Crippen molar-refractivity contribution >= 4 is 0 Å². The maximum Gasteiger partial charge on any atom is 0.0632 e. The van der Waals surface area contributed by atoms with Crippen LogP contribution in [0.5, 0.6) is 0 Å². The molecule has 2 rings (SSSR count). The number of rotatable bonds is 2. The van der Waals surface area contributed by atoms with Crippen LogP contribution in [-0.4, -0.2) is 30.8 Å². The second-order valence-electron chi connectivity index (χ2n) is 5.05.